The van der Waals surface area contributed by atoms with E-state index in [1.165, 1.54) is 0 Å². The standard InChI is InChI=1S/C19H20N2O3S/c1-3-23-16-10-6-7-11-17(16)24-19(22)12-21-15-9-5-4-8-14(15)20-18(21)13-25-2/h4-11H,3,12-13H2,1-2H3. The van der Waals surface area contributed by atoms with Crippen molar-refractivity contribution in [3.63, 3.8) is 0 Å². The molecule has 1 aromatic heterocycles. The Morgan fingerprint density at radius 1 is 1.12 bits per heavy atom. The highest BCUT2D eigenvalue weighted by molar-refractivity contribution is 7.97. The van der Waals surface area contributed by atoms with E-state index in [1.807, 2.05) is 54.1 Å². The first-order valence-electron chi connectivity index (χ1n) is 8.08. The number of nitrogens with zero attached hydrogens (tertiary/aromatic N) is 2. The van der Waals surface area contributed by atoms with Gasteiger partial charge in [-0.25, -0.2) is 9.78 Å². The van der Waals surface area contributed by atoms with Gasteiger partial charge in [-0.1, -0.05) is 24.3 Å². The van der Waals surface area contributed by atoms with Crippen LogP contribution in [-0.4, -0.2) is 28.4 Å². The molecule has 0 N–H and O–H groups in total. The van der Waals surface area contributed by atoms with Gasteiger partial charge < -0.3 is 14.0 Å². The first kappa shape index (κ1) is 17.4. The van der Waals surface area contributed by atoms with Crippen molar-refractivity contribution in [1.29, 1.82) is 0 Å². The van der Waals surface area contributed by atoms with E-state index in [1.54, 1.807) is 23.9 Å². The van der Waals surface area contributed by atoms with Gasteiger partial charge in [0.05, 0.1) is 23.4 Å². The van der Waals surface area contributed by atoms with Crippen molar-refractivity contribution >= 4 is 28.8 Å². The Labute approximate surface area is 151 Å². The van der Waals surface area contributed by atoms with Crippen LogP contribution in [0.2, 0.25) is 0 Å². The predicted molar refractivity (Wildman–Crippen MR) is 100 cm³/mol. The summed E-state index contributed by atoms with van der Waals surface area (Å²) in [6.45, 7) is 2.51. The second kappa shape index (κ2) is 8.07. The average Bonchev–Trinajstić information content (AvgIpc) is 2.95. The number of thioether (sulfide) groups is 1. The number of para-hydroxylation sites is 4. The summed E-state index contributed by atoms with van der Waals surface area (Å²) in [6.07, 6.45) is 2.01. The molecule has 0 radical (unpaired) electrons. The lowest BCUT2D eigenvalue weighted by atomic mass is 10.3. The van der Waals surface area contributed by atoms with E-state index < -0.39 is 0 Å². The molecule has 0 aliphatic carbocycles. The van der Waals surface area contributed by atoms with Gasteiger partial charge in [0, 0.05) is 0 Å². The van der Waals surface area contributed by atoms with Crippen molar-refractivity contribution < 1.29 is 14.3 Å². The van der Waals surface area contributed by atoms with Crippen LogP contribution in [0, 0.1) is 0 Å². The van der Waals surface area contributed by atoms with Crippen molar-refractivity contribution in [3.05, 3.63) is 54.4 Å². The maximum Gasteiger partial charge on any atom is 0.331 e. The number of rotatable bonds is 7. The molecule has 0 saturated carbocycles. The molecule has 0 aliphatic heterocycles. The topological polar surface area (TPSA) is 53.4 Å². The molecule has 2 aromatic carbocycles. The Kier molecular flexibility index (Phi) is 5.60. The average molecular weight is 356 g/mol. The molecule has 5 nitrogen and oxygen atoms in total. The van der Waals surface area contributed by atoms with Crippen molar-refractivity contribution in [2.75, 3.05) is 12.9 Å². The zero-order valence-electron chi connectivity index (χ0n) is 14.3. The number of aromatic nitrogens is 2. The van der Waals surface area contributed by atoms with Crippen LogP contribution in [0.15, 0.2) is 48.5 Å². The summed E-state index contributed by atoms with van der Waals surface area (Å²) in [5.74, 6) is 2.25. The van der Waals surface area contributed by atoms with Crippen molar-refractivity contribution in [2.24, 2.45) is 0 Å². The number of carbonyl (C=O) groups excluding carboxylic acids is 1. The van der Waals surface area contributed by atoms with Crippen LogP contribution in [-0.2, 0) is 17.1 Å². The Hall–Kier alpha value is -2.47. The van der Waals surface area contributed by atoms with Crippen LogP contribution in [0.3, 0.4) is 0 Å². The largest absolute Gasteiger partial charge is 0.490 e. The van der Waals surface area contributed by atoms with Crippen LogP contribution in [0.4, 0.5) is 0 Å². The second-order valence-electron chi connectivity index (χ2n) is 5.39. The summed E-state index contributed by atoms with van der Waals surface area (Å²) >= 11 is 1.67. The SMILES string of the molecule is CCOc1ccccc1OC(=O)Cn1c(CSC)nc2ccccc21. The normalized spacial score (nSPS) is 10.8. The zero-order valence-corrected chi connectivity index (χ0v) is 15.1. The summed E-state index contributed by atoms with van der Waals surface area (Å²) in [4.78, 5) is 17.1. The fraction of sp³-hybridized carbons (Fsp3) is 0.263. The molecule has 1 heterocycles. The molecule has 0 bridgehead atoms. The Morgan fingerprint density at radius 2 is 1.84 bits per heavy atom. The van der Waals surface area contributed by atoms with Crippen molar-refractivity contribution in [1.82, 2.24) is 9.55 Å². The molecule has 6 heteroatoms. The molecule has 0 unspecified atom stereocenters. The second-order valence-corrected chi connectivity index (χ2v) is 6.26. The molecule has 0 atom stereocenters. The zero-order chi connectivity index (χ0) is 17.6. The quantitative estimate of drug-likeness (QED) is 0.475. The molecule has 0 saturated heterocycles. The lowest BCUT2D eigenvalue weighted by molar-refractivity contribution is -0.135. The van der Waals surface area contributed by atoms with Gasteiger partial charge in [-0.05, 0) is 37.4 Å². The fourth-order valence-electron chi connectivity index (χ4n) is 2.63. The highest BCUT2D eigenvalue weighted by atomic mass is 32.2. The Balaban J connectivity index is 1.84. The number of carbonyl (C=O) groups is 1. The van der Waals surface area contributed by atoms with Gasteiger partial charge in [0.1, 0.15) is 12.4 Å². The van der Waals surface area contributed by atoms with E-state index in [4.69, 9.17) is 9.47 Å². The smallest absolute Gasteiger partial charge is 0.331 e. The number of ether oxygens (including phenoxy) is 2. The molecule has 0 fully saturated rings. The highest BCUT2D eigenvalue weighted by Gasteiger charge is 2.16. The van der Waals surface area contributed by atoms with Gasteiger partial charge in [0.25, 0.3) is 0 Å². The molecule has 3 rings (SSSR count). The molecule has 3 aromatic rings. The summed E-state index contributed by atoms with van der Waals surface area (Å²) < 4.78 is 13.0. The van der Waals surface area contributed by atoms with Crippen LogP contribution in [0.5, 0.6) is 11.5 Å². The van der Waals surface area contributed by atoms with Gasteiger partial charge in [0.2, 0.25) is 0 Å². The minimum atomic E-state index is -0.349. The van der Waals surface area contributed by atoms with Gasteiger partial charge in [-0.3, -0.25) is 0 Å². The third kappa shape index (κ3) is 3.96. The predicted octanol–water partition coefficient (Wildman–Crippen LogP) is 3.90. The lowest BCUT2D eigenvalue weighted by Gasteiger charge is -2.12. The molecule has 0 spiro atoms. The van der Waals surface area contributed by atoms with E-state index in [9.17, 15) is 4.79 Å². The summed E-state index contributed by atoms with van der Waals surface area (Å²) in [6, 6.07) is 15.0. The van der Waals surface area contributed by atoms with E-state index in [0.29, 0.717) is 18.1 Å². The Bertz CT molecular complexity index is 876. The van der Waals surface area contributed by atoms with Crippen LogP contribution < -0.4 is 9.47 Å². The molecule has 25 heavy (non-hydrogen) atoms. The monoisotopic (exact) mass is 356 g/mol. The lowest BCUT2D eigenvalue weighted by Crippen LogP contribution is -2.18. The van der Waals surface area contributed by atoms with E-state index in [-0.39, 0.29) is 12.5 Å². The molecule has 130 valence electrons. The number of hydrogen-bond acceptors (Lipinski definition) is 5. The molecule has 0 amide bonds. The van der Waals surface area contributed by atoms with Crippen LogP contribution >= 0.6 is 11.8 Å². The minimum Gasteiger partial charge on any atom is -0.490 e. The number of imidazole rings is 1. The Morgan fingerprint density at radius 3 is 2.60 bits per heavy atom. The molecular weight excluding hydrogens is 336 g/mol. The molecular formula is C19H20N2O3S. The third-order valence-corrected chi connectivity index (χ3v) is 4.21. The van der Waals surface area contributed by atoms with Crippen molar-refractivity contribution in [3.8, 4) is 11.5 Å². The van der Waals surface area contributed by atoms with E-state index >= 15 is 0 Å². The van der Waals surface area contributed by atoms with Gasteiger partial charge in [-0.2, -0.15) is 11.8 Å². The maximum absolute atomic E-state index is 12.5. The van der Waals surface area contributed by atoms with Gasteiger partial charge >= 0.3 is 5.97 Å². The molecule has 0 aliphatic rings. The number of hydrogen-bond donors (Lipinski definition) is 0. The number of fused-ring (bicyclic) bond motifs is 1. The number of esters is 1. The third-order valence-electron chi connectivity index (χ3n) is 3.67. The summed E-state index contributed by atoms with van der Waals surface area (Å²) in [5.41, 5.74) is 1.82. The highest BCUT2D eigenvalue weighted by Crippen LogP contribution is 2.27. The minimum absolute atomic E-state index is 0.108. The van der Waals surface area contributed by atoms with Crippen LogP contribution in [0.1, 0.15) is 12.7 Å². The number of benzene rings is 2. The van der Waals surface area contributed by atoms with E-state index in [2.05, 4.69) is 4.98 Å². The first-order chi connectivity index (χ1) is 12.2. The van der Waals surface area contributed by atoms with Gasteiger partial charge in [-0.15, -0.1) is 0 Å². The summed E-state index contributed by atoms with van der Waals surface area (Å²) in [5, 5.41) is 0. The summed E-state index contributed by atoms with van der Waals surface area (Å²) in [7, 11) is 0. The van der Waals surface area contributed by atoms with Gasteiger partial charge in [0.15, 0.2) is 11.5 Å². The first-order valence-corrected chi connectivity index (χ1v) is 9.48. The van der Waals surface area contributed by atoms with Crippen LogP contribution in [0.25, 0.3) is 11.0 Å². The van der Waals surface area contributed by atoms with Crippen molar-refractivity contribution in [2.45, 2.75) is 19.2 Å². The maximum atomic E-state index is 12.5. The fourth-order valence-corrected chi connectivity index (χ4v) is 3.11. The van der Waals surface area contributed by atoms with E-state index in [0.717, 1.165) is 22.6 Å².